The van der Waals surface area contributed by atoms with Crippen LogP contribution in [0.3, 0.4) is 0 Å². The second kappa shape index (κ2) is 8.32. The molecule has 4 amide bonds. The van der Waals surface area contributed by atoms with Crippen molar-refractivity contribution in [3.05, 3.63) is 65.3 Å². The van der Waals surface area contributed by atoms with Crippen LogP contribution >= 0.6 is 11.3 Å². The van der Waals surface area contributed by atoms with Crippen LogP contribution in [0.25, 0.3) is 21.1 Å². The van der Waals surface area contributed by atoms with E-state index in [9.17, 15) is 14.4 Å². The van der Waals surface area contributed by atoms with E-state index < -0.39 is 12.1 Å². The highest BCUT2D eigenvalue weighted by atomic mass is 32.1. The fourth-order valence-corrected chi connectivity index (χ4v) is 5.15. The first-order valence-corrected chi connectivity index (χ1v) is 11.5. The predicted molar refractivity (Wildman–Crippen MR) is 127 cm³/mol. The largest absolute Gasteiger partial charge is 0.361 e. The van der Waals surface area contributed by atoms with Crippen molar-refractivity contribution in [1.82, 2.24) is 25.1 Å². The van der Waals surface area contributed by atoms with Gasteiger partial charge in [-0.1, -0.05) is 30.3 Å². The number of likely N-dealkylation sites (N-methyl/N-ethyl adjacent to an activating group) is 1. The van der Waals surface area contributed by atoms with Crippen LogP contribution < -0.4 is 5.32 Å². The minimum Gasteiger partial charge on any atom is -0.361 e. The lowest BCUT2D eigenvalue weighted by molar-refractivity contribution is -0.137. The number of nitrogens with one attached hydrogen (secondary N) is 2. The number of para-hydroxylation sites is 2. The van der Waals surface area contributed by atoms with Crippen molar-refractivity contribution < 1.29 is 14.4 Å². The highest BCUT2D eigenvalue weighted by Gasteiger charge is 2.40. The van der Waals surface area contributed by atoms with Crippen LogP contribution in [0.5, 0.6) is 0 Å². The lowest BCUT2D eigenvalue weighted by Crippen LogP contribution is -2.42. The Morgan fingerprint density at radius 2 is 1.94 bits per heavy atom. The Labute approximate surface area is 194 Å². The van der Waals surface area contributed by atoms with Gasteiger partial charge in [-0.3, -0.25) is 14.5 Å². The summed E-state index contributed by atoms with van der Waals surface area (Å²) in [5, 5.41) is 4.54. The molecule has 2 aromatic heterocycles. The van der Waals surface area contributed by atoms with Crippen molar-refractivity contribution in [2.75, 3.05) is 13.6 Å². The first-order valence-electron chi connectivity index (χ1n) is 10.7. The molecule has 5 rings (SSSR count). The maximum atomic E-state index is 12.9. The number of benzene rings is 2. The second-order valence-corrected chi connectivity index (χ2v) is 9.25. The Morgan fingerprint density at radius 3 is 2.76 bits per heavy atom. The van der Waals surface area contributed by atoms with Gasteiger partial charge in [0, 0.05) is 30.6 Å². The van der Waals surface area contributed by atoms with Gasteiger partial charge in [0.2, 0.25) is 5.91 Å². The van der Waals surface area contributed by atoms with E-state index in [1.165, 1.54) is 16.2 Å². The Morgan fingerprint density at radius 1 is 1.18 bits per heavy atom. The van der Waals surface area contributed by atoms with E-state index in [1.807, 2.05) is 61.7 Å². The molecule has 4 aromatic rings. The van der Waals surface area contributed by atoms with Gasteiger partial charge < -0.3 is 15.2 Å². The molecule has 3 heterocycles. The molecule has 0 radical (unpaired) electrons. The molecule has 0 spiro atoms. The zero-order valence-corrected chi connectivity index (χ0v) is 19.1. The van der Waals surface area contributed by atoms with Gasteiger partial charge in [-0.15, -0.1) is 11.3 Å². The molecule has 0 unspecified atom stereocenters. The molecular weight excluding hydrogens is 438 g/mol. The quantitative estimate of drug-likeness (QED) is 0.430. The van der Waals surface area contributed by atoms with E-state index in [2.05, 4.69) is 15.3 Å². The normalized spacial score (nSPS) is 17.0. The molecule has 0 saturated carbocycles. The maximum Gasteiger partial charge on any atom is 0.325 e. The molecular formula is C24H23N5O3S. The van der Waals surface area contributed by atoms with Crippen LogP contribution in [0.1, 0.15) is 23.5 Å². The molecule has 2 aromatic carbocycles. The molecule has 1 saturated heterocycles. The number of aromatic nitrogens is 2. The maximum absolute atomic E-state index is 12.9. The van der Waals surface area contributed by atoms with E-state index in [1.54, 1.807) is 7.05 Å². The Balaban J connectivity index is 1.26. The van der Waals surface area contributed by atoms with Gasteiger partial charge in [-0.2, -0.15) is 0 Å². The third-order valence-corrected chi connectivity index (χ3v) is 7.35. The number of H-pyrrole nitrogens is 1. The number of urea groups is 1. The number of thiazole rings is 1. The standard InChI is InChI=1S/C24H23N5O3S/c1-14(22-26-18-9-5-6-10-20(18)33-22)28(2)21(30)13-29-23(31)19(27-24(29)32)11-15-12-25-17-8-4-3-7-16(15)17/h3-10,12,14,19,25H,11,13H2,1-2H3,(H,27,32)/t14-,19+/m0/s1. The third-order valence-electron chi connectivity index (χ3n) is 6.14. The average Bonchev–Trinajstić information content (AvgIpc) is 3.51. The molecule has 1 fully saturated rings. The fraction of sp³-hybridized carbons (Fsp3) is 0.250. The summed E-state index contributed by atoms with van der Waals surface area (Å²) < 4.78 is 1.05. The van der Waals surface area contributed by atoms with Gasteiger partial charge in [0.05, 0.1) is 16.3 Å². The molecule has 2 atom stereocenters. The number of aromatic amines is 1. The molecule has 9 heteroatoms. The number of amides is 4. The molecule has 33 heavy (non-hydrogen) atoms. The molecule has 2 N–H and O–H groups in total. The summed E-state index contributed by atoms with van der Waals surface area (Å²) in [4.78, 5) is 48.7. The molecule has 0 bridgehead atoms. The van der Waals surface area contributed by atoms with E-state index in [-0.39, 0.29) is 24.4 Å². The van der Waals surface area contributed by atoms with Crippen LogP contribution in [0.15, 0.2) is 54.7 Å². The summed E-state index contributed by atoms with van der Waals surface area (Å²) >= 11 is 1.53. The first kappa shape index (κ1) is 21.1. The van der Waals surface area contributed by atoms with Crippen LogP contribution in [0.2, 0.25) is 0 Å². The SMILES string of the molecule is C[C@@H](c1nc2ccccc2s1)N(C)C(=O)CN1C(=O)N[C@H](Cc2c[nH]c3ccccc23)C1=O. The van der Waals surface area contributed by atoms with Crippen molar-refractivity contribution in [2.24, 2.45) is 0 Å². The number of hydrogen-bond donors (Lipinski definition) is 2. The van der Waals surface area contributed by atoms with Gasteiger partial charge in [0.15, 0.2) is 0 Å². The van der Waals surface area contributed by atoms with Crippen molar-refractivity contribution in [1.29, 1.82) is 0 Å². The van der Waals surface area contributed by atoms with Gasteiger partial charge in [0.25, 0.3) is 5.91 Å². The molecule has 8 nitrogen and oxygen atoms in total. The number of rotatable bonds is 6. The third kappa shape index (κ3) is 3.84. The Kier molecular flexibility index (Phi) is 5.33. The number of nitrogens with zero attached hydrogens (tertiary/aromatic N) is 3. The second-order valence-electron chi connectivity index (χ2n) is 8.19. The van der Waals surface area contributed by atoms with Gasteiger partial charge >= 0.3 is 6.03 Å². The van der Waals surface area contributed by atoms with Gasteiger partial charge in [-0.05, 0) is 30.7 Å². The summed E-state index contributed by atoms with van der Waals surface area (Å²) in [6, 6.07) is 14.1. The number of carbonyl (C=O) groups excluding carboxylic acids is 3. The first-order chi connectivity index (χ1) is 15.9. The van der Waals surface area contributed by atoms with Gasteiger partial charge in [0.1, 0.15) is 17.6 Å². The van der Waals surface area contributed by atoms with Crippen molar-refractivity contribution in [3.8, 4) is 0 Å². The number of imide groups is 1. The van der Waals surface area contributed by atoms with E-state index in [4.69, 9.17) is 0 Å². The smallest absolute Gasteiger partial charge is 0.325 e. The zero-order valence-electron chi connectivity index (χ0n) is 18.2. The van der Waals surface area contributed by atoms with E-state index in [0.29, 0.717) is 6.42 Å². The zero-order chi connectivity index (χ0) is 23.1. The minimum atomic E-state index is -0.698. The molecule has 1 aliphatic rings. The van der Waals surface area contributed by atoms with E-state index >= 15 is 0 Å². The lowest BCUT2D eigenvalue weighted by atomic mass is 10.1. The van der Waals surface area contributed by atoms with Crippen LogP contribution in [0, 0.1) is 0 Å². The fourth-order valence-electron chi connectivity index (χ4n) is 4.08. The highest BCUT2D eigenvalue weighted by molar-refractivity contribution is 7.18. The number of carbonyl (C=O) groups is 3. The van der Waals surface area contributed by atoms with E-state index in [0.717, 1.165) is 36.6 Å². The topological polar surface area (TPSA) is 98.4 Å². The summed E-state index contributed by atoms with van der Waals surface area (Å²) in [5.74, 6) is -0.710. The summed E-state index contributed by atoms with van der Waals surface area (Å²) in [5.41, 5.74) is 2.81. The number of hydrogen-bond acceptors (Lipinski definition) is 5. The predicted octanol–water partition coefficient (Wildman–Crippen LogP) is 3.46. The summed E-state index contributed by atoms with van der Waals surface area (Å²) in [6.45, 7) is 1.59. The molecule has 1 aliphatic heterocycles. The summed E-state index contributed by atoms with van der Waals surface area (Å²) in [7, 11) is 1.67. The van der Waals surface area contributed by atoms with Gasteiger partial charge in [-0.25, -0.2) is 9.78 Å². The van der Waals surface area contributed by atoms with Crippen LogP contribution in [-0.2, 0) is 16.0 Å². The van der Waals surface area contributed by atoms with Crippen molar-refractivity contribution >= 4 is 50.3 Å². The molecule has 168 valence electrons. The Bertz CT molecular complexity index is 1340. The average molecular weight is 462 g/mol. The lowest BCUT2D eigenvalue weighted by Gasteiger charge is -2.25. The van der Waals surface area contributed by atoms with Crippen LogP contribution in [-0.4, -0.2) is 57.2 Å². The van der Waals surface area contributed by atoms with Crippen molar-refractivity contribution in [3.63, 3.8) is 0 Å². The minimum absolute atomic E-state index is 0.280. The Hall–Kier alpha value is -3.72. The highest BCUT2D eigenvalue weighted by Crippen LogP contribution is 2.29. The molecule has 0 aliphatic carbocycles. The number of fused-ring (bicyclic) bond motifs is 2. The summed E-state index contributed by atoms with van der Waals surface area (Å²) in [6.07, 6.45) is 2.21. The van der Waals surface area contributed by atoms with Crippen LogP contribution in [0.4, 0.5) is 4.79 Å². The monoisotopic (exact) mass is 461 g/mol. The van der Waals surface area contributed by atoms with Crippen molar-refractivity contribution in [2.45, 2.75) is 25.4 Å².